The molecule has 1 saturated carbocycles. The van der Waals surface area contributed by atoms with Gasteiger partial charge in [0, 0.05) is 60.5 Å². The third kappa shape index (κ3) is 4.31. The molecule has 1 aliphatic carbocycles. The molecule has 5 atom stereocenters. The molecule has 4 saturated heterocycles. The minimum Gasteiger partial charge on any atom is -0.508 e. The van der Waals surface area contributed by atoms with Crippen LogP contribution in [-0.2, 0) is 13.0 Å². The quantitative estimate of drug-likeness (QED) is 0.440. The predicted octanol–water partition coefficient (Wildman–Crippen LogP) is 4.93. The molecule has 0 spiro atoms. The zero-order valence-electron chi connectivity index (χ0n) is 25.4. The highest BCUT2D eigenvalue weighted by atomic mass is 16.5. The van der Waals surface area contributed by atoms with Gasteiger partial charge in [-0.3, -0.25) is 4.90 Å². The van der Waals surface area contributed by atoms with Crippen molar-refractivity contribution in [2.24, 2.45) is 5.92 Å². The Kier molecular flexibility index (Phi) is 6.10. The van der Waals surface area contributed by atoms with Crippen LogP contribution in [-0.4, -0.2) is 76.4 Å². The van der Waals surface area contributed by atoms with Crippen molar-refractivity contribution in [2.75, 3.05) is 42.6 Å². The van der Waals surface area contributed by atoms with Crippen molar-refractivity contribution in [1.29, 1.82) is 0 Å². The normalized spacial score (nSPS) is 31.5. The summed E-state index contributed by atoms with van der Waals surface area (Å²) in [5.41, 5.74) is 4.82. The summed E-state index contributed by atoms with van der Waals surface area (Å²) >= 11 is 0. The third-order valence-electron chi connectivity index (χ3n) is 11.8. The molecule has 5 fully saturated rings. The second-order valence-electron chi connectivity index (χ2n) is 14.4. The van der Waals surface area contributed by atoms with Gasteiger partial charge in [-0.1, -0.05) is 24.6 Å². The van der Waals surface area contributed by atoms with Crippen LogP contribution in [0.4, 0.5) is 11.5 Å². The summed E-state index contributed by atoms with van der Waals surface area (Å²) in [4.78, 5) is 18.1. The molecule has 226 valence electrons. The molecule has 3 aromatic rings. The van der Waals surface area contributed by atoms with Crippen molar-refractivity contribution >= 4 is 22.3 Å². The Morgan fingerprint density at radius 3 is 2.79 bits per heavy atom. The molecule has 8 heteroatoms. The highest BCUT2D eigenvalue weighted by molar-refractivity contribution is 5.98. The van der Waals surface area contributed by atoms with E-state index in [2.05, 4.69) is 45.1 Å². The second kappa shape index (κ2) is 9.96. The Hall–Kier alpha value is -3.10. The van der Waals surface area contributed by atoms with Crippen LogP contribution < -0.4 is 19.9 Å². The average Bonchev–Trinajstić information content (AvgIpc) is 3.76. The third-order valence-corrected chi connectivity index (χ3v) is 11.8. The van der Waals surface area contributed by atoms with Gasteiger partial charge in [0.05, 0.1) is 17.8 Å². The standard InChI is InChI=1S/C35H44N6O2/c1-22-5-2-6-23-15-27(42)16-31(32(22)23)39-14-11-28-29(20-39)37-34(38-33(28)40-18-25-9-10-26(19-40)36-25)43-21-35-12-4-13-41(35)30-8-3-7-24(30)17-35/h2,5-6,15-16,24-26,30,36,42H,3-4,7-14,17-21H2,1H3. The van der Waals surface area contributed by atoms with Crippen LogP contribution in [0, 0.1) is 12.8 Å². The molecule has 2 aromatic carbocycles. The molecule has 0 radical (unpaired) electrons. The predicted molar refractivity (Wildman–Crippen MR) is 169 cm³/mol. The van der Waals surface area contributed by atoms with Gasteiger partial charge in [0.25, 0.3) is 0 Å². The fraction of sp³-hybridized carbons (Fsp3) is 0.600. The van der Waals surface area contributed by atoms with E-state index in [1.807, 2.05) is 12.1 Å². The molecule has 6 aliphatic rings. The number of benzene rings is 2. The van der Waals surface area contributed by atoms with E-state index in [1.165, 1.54) is 74.4 Å². The SMILES string of the molecule is Cc1cccc2cc(O)cc(N3CCc4c(nc(OCC56CCCN5C5CCCC5C6)nc4N4CC5CCC(C4)N5)C3)c12. The van der Waals surface area contributed by atoms with Crippen LogP contribution in [0.25, 0.3) is 10.8 Å². The molecule has 5 aliphatic heterocycles. The van der Waals surface area contributed by atoms with Gasteiger partial charge in [-0.25, -0.2) is 0 Å². The highest BCUT2D eigenvalue weighted by Crippen LogP contribution is 2.51. The van der Waals surface area contributed by atoms with E-state index in [4.69, 9.17) is 14.7 Å². The lowest BCUT2D eigenvalue weighted by Gasteiger charge is -2.38. The van der Waals surface area contributed by atoms with Crippen LogP contribution in [0.15, 0.2) is 30.3 Å². The molecule has 6 heterocycles. The topological polar surface area (TPSA) is 77.0 Å². The summed E-state index contributed by atoms with van der Waals surface area (Å²) in [6, 6.07) is 12.5. The Balaban J connectivity index is 1.06. The minimum atomic E-state index is 0.160. The lowest BCUT2D eigenvalue weighted by molar-refractivity contribution is 0.0829. The summed E-state index contributed by atoms with van der Waals surface area (Å²) in [5.74, 6) is 2.25. The zero-order chi connectivity index (χ0) is 28.7. The number of aromatic nitrogens is 2. The van der Waals surface area contributed by atoms with Crippen LogP contribution in [0.1, 0.15) is 68.2 Å². The van der Waals surface area contributed by atoms with E-state index >= 15 is 0 Å². The monoisotopic (exact) mass is 580 g/mol. The maximum atomic E-state index is 10.7. The highest BCUT2D eigenvalue weighted by Gasteiger charge is 2.55. The molecule has 9 rings (SSSR count). The van der Waals surface area contributed by atoms with Gasteiger partial charge in [-0.15, -0.1) is 0 Å². The number of hydrogen-bond donors (Lipinski definition) is 2. The molecule has 2 N–H and O–H groups in total. The largest absolute Gasteiger partial charge is 0.508 e. The van der Waals surface area contributed by atoms with Gasteiger partial charge in [0.15, 0.2) is 0 Å². The first-order valence-electron chi connectivity index (χ1n) is 16.8. The number of hydrogen-bond acceptors (Lipinski definition) is 8. The lowest BCUT2D eigenvalue weighted by Crippen LogP contribution is -2.52. The molecule has 5 unspecified atom stereocenters. The van der Waals surface area contributed by atoms with Crippen LogP contribution in [0.2, 0.25) is 0 Å². The van der Waals surface area contributed by atoms with E-state index in [1.54, 1.807) is 0 Å². The second-order valence-corrected chi connectivity index (χ2v) is 14.4. The zero-order valence-corrected chi connectivity index (χ0v) is 25.4. The summed E-state index contributed by atoms with van der Waals surface area (Å²) < 4.78 is 6.71. The number of nitrogens with one attached hydrogen (secondary N) is 1. The fourth-order valence-electron chi connectivity index (χ4n) is 9.98. The molecular formula is C35H44N6O2. The van der Waals surface area contributed by atoms with E-state index in [0.717, 1.165) is 60.6 Å². The molecule has 1 aromatic heterocycles. The lowest BCUT2D eigenvalue weighted by atomic mass is 9.90. The summed E-state index contributed by atoms with van der Waals surface area (Å²) in [7, 11) is 0. The number of phenolic OH excluding ortho intramolecular Hbond substituents is 1. The first-order chi connectivity index (χ1) is 21.0. The van der Waals surface area contributed by atoms with Gasteiger partial charge in [0.1, 0.15) is 18.2 Å². The maximum absolute atomic E-state index is 10.7. The minimum absolute atomic E-state index is 0.160. The van der Waals surface area contributed by atoms with E-state index < -0.39 is 0 Å². The number of anilines is 2. The number of fused-ring (bicyclic) bond motifs is 7. The van der Waals surface area contributed by atoms with Crippen molar-refractivity contribution in [2.45, 2.75) is 94.9 Å². The van der Waals surface area contributed by atoms with Crippen molar-refractivity contribution in [3.8, 4) is 11.8 Å². The summed E-state index contributed by atoms with van der Waals surface area (Å²) in [6.45, 7) is 7.64. The Bertz CT molecular complexity index is 1570. The van der Waals surface area contributed by atoms with Gasteiger partial charge in [0.2, 0.25) is 0 Å². The van der Waals surface area contributed by atoms with Crippen molar-refractivity contribution in [3.63, 3.8) is 0 Å². The Labute approximate surface area is 254 Å². The number of aryl methyl sites for hydroxylation is 1. The number of piperazine rings is 1. The smallest absolute Gasteiger partial charge is 0.318 e. The molecular weight excluding hydrogens is 536 g/mol. The van der Waals surface area contributed by atoms with Crippen LogP contribution in [0.3, 0.4) is 0 Å². The van der Waals surface area contributed by atoms with Crippen LogP contribution in [0.5, 0.6) is 11.8 Å². The molecule has 2 bridgehead atoms. The number of aromatic hydroxyl groups is 1. The maximum Gasteiger partial charge on any atom is 0.318 e. The molecule has 8 nitrogen and oxygen atoms in total. The van der Waals surface area contributed by atoms with Crippen molar-refractivity contribution in [1.82, 2.24) is 20.2 Å². The van der Waals surface area contributed by atoms with E-state index in [9.17, 15) is 5.11 Å². The number of phenols is 1. The Morgan fingerprint density at radius 2 is 1.91 bits per heavy atom. The van der Waals surface area contributed by atoms with Gasteiger partial charge >= 0.3 is 6.01 Å². The number of nitrogens with zero attached hydrogens (tertiary/aromatic N) is 5. The summed E-state index contributed by atoms with van der Waals surface area (Å²) in [5, 5.41) is 16.7. The average molecular weight is 581 g/mol. The summed E-state index contributed by atoms with van der Waals surface area (Å²) in [6.07, 6.45) is 11.3. The Morgan fingerprint density at radius 1 is 1.02 bits per heavy atom. The number of ether oxygens (including phenoxy) is 1. The van der Waals surface area contributed by atoms with Crippen molar-refractivity contribution in [3.05, 3.63) is 47.2 Å². The van der Waals surface area contributed by atoms with E-state index in [0.29, 0.717) is 37.0 Å². The fourth-order valence-corrected chi connectivity index (χ4v) is 9.98. The van der Waals surface area contributed by atoms with Crippen molar-refractivity contribution < 1.29 is 9.84 Å². The van der Waals surface area contributed by atoms with Gasteiger partial charge < -0.3 is 25.0 Å². The molecule has 0 amide bonds. The van der Waals surface area contributed by atoms with Crippen LogP contribution >= 0.6 is 0 Å². The first-order valence-corrected chi connectivity index (χ1v) is 16.8. The van der Waals surface area contributed by atoms with Gasteiger partial charge in [-0.05, 0) is 87.8 Å². The molecule has 43 heavy (non-hydrogen) atoms. The number of rotatable bonds is 5. The first kappa shape index (κ1) is 26.3. The van der Waals surface area contributed by atoms with E-state index in [-0.39, 0.29) is 5.54 Å². The van der Waals surface area contributed by atoms with Gasteiger partial charge in [-0.2, -0.15) is 9.97 Å².